The van der Waals surface area contributed by atoms with E-state index in [1.165, 1.54) is 0 Å². The largest absolute Gasteiger partial charge is 0.497 e. The number of nitrogens with one attached hydrogen (secondary N) is 1. The van der Waals surface area contributed by atoms with Crippen molar-refractivity contribution in [3.05, 3.63) is 72.1 Å². The molecule has 29 heavy (non-hydrogen) atoms. The molecule has 0 fully saturated rings. The zero-order valence-corrected chi connectivity index (χ0v) is 16.6. The van der Waals surface area contributed by atoms with Gasteiger partial charge in [0.15, 0.2) is 18.1 Å². The van der Waals surface area contributed by atoms with Crippen LogP contribution in [0.15, 0.2) is 65.9 Å². The molecule has 0 spiro atoms. The molecule has 0 aliphatic heterocycles. The Kier molecular flexibility index (Phi) is 6.52. The molecule has 1 N–H and O–H groups in total. The number of rotatable bonds is 8. The van der Waals surface area contributed by atoms with Crippen LogP contribution in [-0.2, 0) is 4.79 Å². The number of amides is 1. The minimum Gasteiger partial charge on any atom is -0.497 e. The van der Waals surface area contributed by atoms with Crippen molar-refractivity contribution in [1.82, 2.24) is 9.99 Å². The summed E-state index contributed by atoms with van der Waals surface area (Å²) >= 11 is 0. The summed E-state index contributed by atoms with van der Waals surface area (Å²) in [5.74, 6) is 1.51. The summed E-state index contributed by atoms with van der Waals surface area (Å²) in [4.78, 5) is 12.0. The molecule has 0 aliphatic carbocycles. The van der Waals surface area contributed by atoms with Crippen molar-refractivity contribution in [2.45, 2.75) is 6.92 Å². The molecule has 0 radical (unpaired) electrons. The minimum atomic E-state index is -0.363. The van der Waals surface area contributed by atoms with E-state index in [4.69, 9.17) is 14.2 Å². The molecule has 7 nitrogen and oxygen atoms in total. The van der Waals surface area contributed by atoms with Gasteiger partial charge in [-0.3, -0.25) is 4.79 Å². The van der Waals surface area contributed by atoms with Crippen LogP contribution >= 0.6 is 0 Å². The van der Waals surface area contributed by atoms with Crippen LogP contribution < -0.4 is 19.6 Å². The topological polar surface area (TPSA) is 74.1 Å². The van der Waals surface area contributed by atoms with E-state index in [9.17, 15) is 4.79 Å². The molecule has 1 amide bonds. The summed E-state index contributed by atoms with van der Waals surface area (Å²) in [6, 6.07) is 16.9. The number of hydrogen-bond acceptors (Lipinski definition) is 5. The van der Waals surface area contributed by atoms with Crippen molar-refractivity contribution >= 4 is 12.1 Å². The fraction of sp³-hybridized carbons (Fsp3) is 0.182. The summed E-state index contributed by atoms with van der Waals surface area (Å²) in [5.41, 5.74) is 5.38. The summed E-state index contributed by atoms with van der Waals surface area (Å²) in [6.45, 7) is 1.84. The van der Waals surface area contributed by atoms with Crippen molar-refractivity contribution in [3.63, 3.8) is 0 Å². The van der Waals surface area contributed by atoms with Gasteiger partial charge in [-0.15, -0.1) is 0 Å². The van der Waals surface area contributed by atoms with Gasteiger partial charge < -0.3 is 18.8 Å². The van der Waals surface area contributed by atoms with E-state index in [1.54, 1.807) is 32.6 Å². The molecule has 1 heterocycles. The summed E-state index contributed by atoms with van der Waals surface area (Å²) < 4.78 is 17.9. The quantitative estimate of drug-likeness (QED) is 0.471. The van der Waals surface area contributed by atoms with Gasteiger partial charge in [0.05, 0.1) is 20.4 Å². The van der Waals surface area contributed by atoms with E-state index in [1.807, 2.05) is 60.2 Å². The number of hydrogen-bond donors (Lipinski definition) is 1. The van der Waals surface area contributed by atoms with Crippen LogP contribution in [0.3, 0.4) is 0 Å². The number of carbonyl (C=O) groups is 1. The molecular weight excluding hydrogens is 370 g/mol. The molecular formula is C22H23N3O4. The first kappa shape index (κ1) is 20.0. The predicted molar refractivity (Wildman–Crippen MR) is 111 cm³/mol. The maximum absolute atomic E-state index is 12.0. The van der Waals surface area contributed by atoms with Crippen LogP contribution in [0.1, 0.15) is 11.3 Å². The number of para-hydroxylation sites is 2. The number of aryl methyl sites for hydroxylation is 1. The Balaban J connectivity index is 1.56. The van der Waals surface area contributed by atoms with E-state index < -0.39 is 0 Å². The second-order valence-corrected chi connectivity index (χ2v) is 6.22. The van der Waals surface area contributed by atoms with Crippen molar-refractivity contribution in [2.75, 3.05) is 20.8 Å². The number of ether oxygens (including phenoxy) is 3. The lowest BCUT2D eigenvalue weighted by Crippen LogP contribution is -2.24. The smallest absolute Gasteiger partial charge is 0.277 e. The Morgan fingerprint density at radius 2 is 1.79 bits per heavy atom. The molecule has 3 aromatic rings. The molecule has 7 heteroatoms. The molecule has 150 valence electrons. The highest BCUT2D eigenvalue weighted by Gasteiger charge is 2.07. The highest BCUT2D eigenvalue weighted by atomic mass is 16.5. The second kappa shape index (κ2) is 9.45. The first-order chi connectivity index (χ1) is 14.1. The van der Waals surface area contributed by atoms with E-state index in [0.29, 0.717) is 11.5 Å². The summed E-state index contributed by atoms with van der Waals surface area (Å²) in [7, 11) is 3.19. The minimum absolute atomic E-state index is 0.163. The van der Waals surface area contributed by atoms with Gasteiger partial charge in [-0.05, 0) is 49.4 Å². The van der Waals surface area contributed by atoms with Gasteiger partial charge in [0.2, 0.25) is 0 Å². The molecule has 0 aliphatic rings. The van der Waals surface area contributed by atoms with E-state index in [-0.39, 0.29) is 12.5 Å². The zero-order valence-electron chi connectivity index (χ0n) is 16.6. The molecule has 1 aromatic heterocycles. The van der Waals surface area contributed by atoms with Crippen LogP contribution in [0.5, 0.6) is 17.2 Å². The van der Waals surface area contributed by atoms with Gasteiger partial charge in [-0.25, -0.2) is 5.43 Å². The van der Waals surface area contributed by atoms with Crippen molar-refractivity contribution in [1.29, 1.82) is 0 Å². The maximum Gasteiger partial charge on any atom is 0.277 e. The van der Waals surface area contributed by atoms with Crippen LogP contribution in [-0.4, -0.2) is 37.5 Å². The Bertz CT molecular complexity index is 994. The van der Waals surface area contributed by atoms with Crippen LogP contribution in [0.2, 0.25) is 0 Å². The number of hydrazone groups is 1. The van der Waals surface area contributed by atoms with Crippen LogP contribution in [0.4, 0.5) is 0 Å². The van der Waals surface area contributed by atoms with E-state index in [0.717, 1.165) is 22.7 Å². The molecule has 2 aromatic carbocycles. The first-order valence-electron chi connectivity index (χ1n) is 9.02. The SMILES string of the molecule is COc1ccc(-n2cc(/C=N/NC(=O)COc3ccccc3OC)cc2C)cc1. The highest BCUT2D eigenvalue weighted by molar-refractivity contribution is 5.83. The van der Waals surface area contributed by atoms with Gasteiger partial charge in [-0.2, -0.15) is 5.10 Å². The van der Waals surface area contributed by atoms with Gasteiger partial charge in [0, 0.05) is 23.1 Å². The average Bonchev–Trinajstić information content (AvgIpc) is 3.12. The molecule has 0 saturated carbocycles. The van der Waals surface area contributed by atoms with Gasteiger partial charge in [0.25, 0.3) is 5.91 Å². The lowest BCUT2D eigenvalue weighted by Gasteiger charge is -2.09. The number of aromatic nitrogens is 1. The van der Waals surface area contributed by atoms with Gasteiger partial charge in [-0.1, -0.05) is 12.1 Å². The number of benzene rings is 2. The van der Waals surface area contributed by atoms with Crippen LogP contribution in [0.25, 0.3) is 5.69 Å². The Morgan fingerprint density at radius 3 is 2.48 bits per heavy atom. The lowest BCUT2D eigenvalue weighted by atomic mass is 10.3. The van der Waals surface area contributed by atoms with E-state index >= 15 is 0 Å². The highest BCUT2D eigenvalue weighted by Crippen LogP contribution is 2.25. The van der Waals surface area contributed by atoms with E-state index in [2.05, 4.69) is 10.5 Å². The summed E-state index contributed by atoms with van der Waals surface area (Å²) in [5, 5.41) is 4.00. The third-order valence-corrected chi connectivity index (χ3v) is 4.22. The van der Waals surface area contributed by atoms with Gasteiger partial charge >= 0.3 is 0 Å². The number of carbonyl (C=O) groups excluding carboxylic acids is 1. The normalized spacial score (nSPS) is 10.7. The maximum atomic E-state index is 12.0. The summed E-state index contributed by atoms with van der Waals surface area (Å²) in [6.07, 6.45) is 3.53. The Hall–Kier alpha value is -3.74. The average molecular weight is 393 g/mol. The third kappa shape index (κ3) is 5.16. The fourth-order valence-corrected chi connectivity index (χ4v) is 2.78. The third-order valence-electron chi connectivity index (χ3n) is 4.22. The number of nitrogens with zero attached hydrogens (tertiary/aromatic N) is 2. The Labute approximate surface area is 169 Å². The molecule has 0 unspecified atom stereocenters. The van der Waals surface area contributed by atoms with Crippen LogP contribution in [0, 0.1) is 6.92 Å². The molecule has 0 bridgehead atoms. The van der Waals surface area contributed by atoms with Gasteiger partial charge in [0.1, 0.15) is 5.75 Å². The number of methoxy groups -OCH3 is 2. The second-order valence-electron chi connectivity index (χ2n) is 6.22. The van der Waals surface area contributed by atoms with Crippen molar-refractivity contribution in [2.24, 2.45) is 5.10 Å². The lowest BCUT2D eigenvalue weighted by molar-refractivity contribution is -0.123. The molecule has 0 atom stereocenters. The molecule has 0 saturated heterocycles. The molecule has 3 rings (SSSR count). The monoisotopic (exact) mass is 393 g/mol. The van der Waals surface area contributed by atoms with Crippen molar-refractivity contribution in [3.8, 4) is 22.9 Å². The predicted octanol–water partition coefficient (Wildman–Crippen LogP) is 3.33. The zero-order chi connectivity index (χ0) is 20.6. The van der Waals surface area contributed by atoms with Crippen molar-refractivity contribution < 1.29 is 19.0 Å². The fourth-order valence-electron chi connectivity index (χ4n) is 2.78. The first-order valence-corrected chi connectivity index (χ1v) is 9.02. The standard InChI is InChI=1S/C22H23N3O4/c1-16-12-17(14-25(16)18-8-10-19(27-2)11-9-18)13-23-24-22(26)15-29-21-7-5-4-6-20(21)28-3/h4-14H,15H2,1-3H3,(H,24,26)/b23-13+. The Morgan fingerprint density at radius 1 is 1.07 bits per heavy atom.